The van der Waals surface area contributed by atoms with Gasteiger partial charge in [0.05, 0.1) is 11.0 Å². The molecule has 0 atom stereocenters. The van der Waals surface area contributed by atoms with E-state index in [1.54, 1.807) is 0 Å². The Hall–Kier alpha value is -7.36. The minimum absolute atomic E-state index is 0.916. The SMILES string of the molecule is c1ccc(-c2cccc(N(c3ccc(-c4cccc5c4ccc4c6ccccc6oc54)cc3)c3ccc4c(c3)c3ccccc3n4-c3ccccc3)c2)cc1. The first-order valence-electron chi connectivity index (χ1n) is 18.8. The fourth-order valence-corrected chi connectivity index (χ4v) is 8.44. The summed E-state index contributed by atoms with van der Waals surface area (Å²) in [5.74, 6) is 0. The van der Waals surface area contributed by atoms with Crippen LogP contribution in [-0.2, 0) is 0 Å². The van der Waals surface area contributed by atoms with E-state index in [0.717, 1.165) is 55.6 Å². The predicted octanol–water partition coefficient (Wildman–Crippen LogP) is 14.6. The van der Waals surface area contributed by atoms with Crippen LogP contribution in [0.3, 0.4) is 0 Å². The zero-order chi connectivity index (χ0) is 36.3. The number of hydrogen-bond acceptors (Lipinski definition) is 2. The Balaban J connectivity index is 1.07. The summed E-state index contributed by atoms with van der Waals surface area (Å²) in [5.41, 5.74) is 13.4. The highest BCUT2D eigenvalue weighted by Crippen LogP contribution is 2.42. The van der Waals surface area contributed by atoms with Gasteiger partial charge in [-0.1, -0.05) is 133 Å². The molecule has 0 saturated carbocycles. The lowest BCUT2D eigenvalue weighted by atomic mass is 9.96. The molecule has 11 rings (SSSR count). The van der Waals surface area contributed by atoms with Gasteiger partial charge in [0.1, 0.15) is 11.2 Å². The molecule has 0 fully saturated rings. The van der Waals surface area contributed by atoms with Crippen molar-refractivity contribution >= 4 is 71.6 Å². The number of anilines is 3. The topological polar surface area (TPSA) is 21.3 Å². The molecule has 2 aromatic heterocycles. The van der Waals surface area contributed by atoms with Crippen molar-refractivity contribution in [1.29, 1.82) is 0 Å². The predicted molar refractivity (Wildman–Crippen MR) is 231 cm³/mol. The fourth-order valence-electron chi connectivity index (χ4n) is 8.44. The van der Waals surface area contributed by atoms with Gasteiger partial charge < -0.3 is 13.9 Å². The molecule has 0 aliphatic carbocycles. The lowest BCUT2D eigenvalue weighted by Crippen LogP contribution is -2.10. The van der Waals surface area contributed by atoms with Gasteiger partial charge in [-0.2, -0.15) is 0 Å². The first-order valence-corrected chi connectivity index (χ1v) is 18.8. The molecule has 258 valence electrons. The maximum absolute atomic E-state index is 6.42. The van der Waals surface area contributed by atoms with Crippen molar-refractivity contribution in [2.24, 2.45) is 0 Å². The molecule has 0 unspecified atom stereocenters. The van der Waals surface area contributed by atoms with Crippen LogP contribution in [0.15, 0.2) is 211 Å². The first kappa shape index (κ1) is 31.2. The largest absolute Gasteiger partial charge is 0.455 e. The molecule has 0 aliphatic rings. The molecule has 3 heteroatoms. The van der Waals surface area contributed by atoms with Crippen LogP contribution < -0.4 is 4.90 Å². The monoisotopic (exact) mass is 702 g/mol. The lowest BCUT2D eigenvalue weighted by molar-refractivity contribution is 0.672. The maximum atomic E-state index is 6.42. The second kappa shape index (κ2) is 12.6. The Morgan fingerprint density at radius 1 is 0.345 bits per heavy atom. The first-order chi connectivity index (χ1) is 27.3. The molecule has 9 aromatic carbocycles. The van der Waals surface area contributed by atoms with E-state index in [-0.39, 0.29) is 0 Å². The van der Waals surface area contributed by atoms with Crippen LogP contribution in [-0.4, -0.2) is 4.57 Å². The summed E-state index contributed by atoms with van der Waals surface area (Å²) < 4.78 is 8.79. The van der Waals surface area contributed by atoms with Crippen LogP contribution in [0.1, 0.15) is 0 Å². The van der Waals surface area contributed by atoms with Crippen molar-refractivity contribution < 1.29 is 4.42 Å². The minimum Gasteiger partial charge on any atom is -0.455 e. The molecule has 2 heterocycles. The Bertz CT molecular complexity index is 3190. The molecule has 0 N–H and O–H groups in total. The summed E-state index contributed by atoms with van der Waals surface area (Å²) in [5, 5.41) is 7.03. The van der Waals surface area contributed by atoms with Crippen LogP contribution in [0.25, 0.3) is 82.5 Å². The van der Waals surface area contributed by atoms with Crippen LogP contribution >= 0.6 is 0 Å². The van der Waals surface area contributed by atoms with Crippen LogP contribution in [0.2, 0.25) is 0 Å². The van der Waals surface area contributed by atoms with Gasteiger partial charge in [0, 0.05) is 49.7 Å². The Labute approximate surface area is 318 Å². The Morgan fingerprint density at radius 2 is 0.964 bits per heavy atom. The molecule has 0 radical (unpaired) electrons. The van der Waals surface area contributed by atoms with Gasteiger partial charge in [-0.25, -0.2) is 0 Å². The number of nitrogens with zero attached hydrogens (tertiary/aromatic N) is 2. The second-order valence-corrected chi connectivity index (χ2v) is 14.1. The third-order valence-corrected chi connectivity index (χ3v) is 11.0. The van der Waals surface area contributed by atoms with Crippen LogP contribution in [0.5, 0.6) is 0 Å². The Morgan fingerprint density at radius 3 is 1.82 bits per heavy atom. The Kier molecular flexibility index (Phi) is 7.17. The smallest absolute Gasteiger partial charge is 0.143 e. The molecule has 0 amide bonds. The van der Waals surface area contributed by atoms with Crippen molar-refractivity contribution in [2.45, 2.75) is 0 Å². The van der Waals surface area contributed by atoms with E-state index >= 15 is 0 Å². The standard InChI is InChI=1S/C52H34N2O/c1-3-13-35(14-4-1)37-15-11-18-40(33-37)53(41-29-32-50-48(34-41)44-19-7-9-23-49(44)54(50)38-16-5-2-6-17-38)39-27-25-36(26-28-39)42-21-12-22-46-43(42)30-31-47-45-20-8-10-24-51(45)55-52(46)47/h1-34H. The normalized spacial score (nSPS) is 11.6. The quantitative estimate of drug-likeness (QED) is 0.172. The van der Waals surface area contributed by atoms with Crippen molar-refractivity contribution in [3.63, 3.8) is 0 Å². The van der Waals surface area contributed by atoms with Gasteiger partial charge in [0.25, 0.3) is 0 Å². The minimum atomic E-state index is 0.916. The summed E-state index contributed by atoms with van der Waals surface area (Å²) in [7, 11) is 0. The third kappa shape index (κ3) is 5.13. The number of hydrogen-bond donors (Lipinski definition) is 0. The number of furan rings is 1. The van der Waals surface area contributed by atoms with Crippen molar-refractivity contribution in [3.05, 3.63) is 206 Å². The molecule has 0 saturated heterocycles. The van der Waals surface area contributed by atoms with E-state index < -0.39 is 0 Å². The fraction of sp³-hybridized carbons (Fsp3) is 0. The average molecular weight is 703 g/mol. The highest BCUT2D eigenvalue weighted by molar-refractivity contribution is 6.17. The van der Waals surface area contributed by atoms with E-state index in [1.165, 1.54) is 43.9 Å². The van der Waals surface area contributed by atoms with Gasteiger partial charge in [-0.3, -0.25) is 0 Å². The molecular weight excluding hydrogens is 669 g/mol. The van der Waals surface area contributed by atoms with E-state index in [1.807, 2.05) is 12.1 Å². The van der Waals surface area contributed by atoms with Gasteiger partial charge in [-0.15, -0.1) is 0 Å². The zero-order valence-corrected chi connectivity index (χ0v) is 29.9. The molecule has 0 spiro atoms. The lowest BCUT2D eigenvalue weighted by Gasteiger charge is -2.26. The van der Waals surface area contributed by atoms with E-state index in [4.69, 9.17) is 4.42 Å². The molecule has 55 heavy (non-hydrogen) atoms. The highest BCUT2D eigenvalue weighted by atomic mass is 16.3. The molecule has 11 aromatic rings. The summed E-state index contributed by atoms with van der Waals surface area (Å²) in [6, 6.07) is 73.9. The third-order valence-electron chi connectivity index (χ3n) is 11.0. The summed E-state index contributed by atoms with van der Waals surface area (Å²) in [6.45, 7) is 0. The second-order valence-electron chi connectivity index (χ2n) is 14.1. The highest BCUT2D eigenvalue weighted by Gasteiger charge is 2.19. The van der Waals surface area contributed by atoms with Gasteiger partial charge in [-0.05, 0) is 100 Å². The number of fused-ring (bicyclic) bond motifs is 8. The maximum Gasteiger partial charge on any atom is 0.143 e. The van der Waals surface area contributed by atoms with Gasteiger partial charge >= 0.3 is 0 Å². The van der Waals surface area contributed by atoms with E-state index in [2.05, 4.69) is 204 Å². The number of rotatable bonds is 6. The van der Waals surface area contributed by atoms with Crippen molar-refractivity contribution in [3.8, 4) is 27.9 Å². The van der Waals surface area contributed by atoms with Crippen LogP contribution in [0, 0.1) is 0 Å². The van der Waals surface area contributed by atoms with Crippen LogP contribution in [0.4, 0.5) is 17.1 Å². The summed E-state index contributed by atoms with van der Waals surface area (Å²) >= 11 is 0. The molecule has 0 bridgehead atoms. The zero-order valence-electron chi connectivity index (χ0n) is 29.9. The van der Waals surface area contributed by atoms with E-state index in [0.29, 0.717) is 0 Å². The number of aromatic nitrogens is 1. The number of benzene rings is 9. The molecule has 3 nitrogen and oxygen atoms in total. The van der Waals surface area contributed by atoms with Crippen molar-refractivity contribution in [2.75, 3.05) is 4.90 Å². The molecular formula is C52H34N2O. The number of para-hydroxylation sites is 3. The molecule has 0 aliphatic heterocycles. The average Bonchev–Trinajstić information content (AvgIpc) is 3.81. The van der Waals surface area contributed by atoms with Gasteiger partial charge in [0.15, 0.2) is 0 Å². The summed E-state index contributed by atoms with van der Waals surface area (Å²) in [4.78, 5) is 2.38. The van der Waals surface area contributed by atoms with Gasteiger partial charge in [0.2, 0.25) is 0 Å². The summed E-state index contributed by atoms with van der Waals surface area (Å²) in [6.07, 6.45) is 0. The van der Waals surface area contributed by atoms with Crippen molar-refractivity contribution in [1.82, 2.24) is 4.57 Å². The van der Waals surface area contributed by atoms with E-state index in [9.17, 15) is 0 Å².